The Morgan fingerprint density at radius 1 is 1.00 bits per heavy atom. The third-order valence-corrected chi connectivity index (χ3v) is 9.90. The van der Waals surface area contributed by atoms with Crippen molar-refractivity contribution in [3.63, 3.8) is 0 Å². The SMILES string of the molecule is C[C@]12CCCC[C@@H]1CC[C@@H]1[C@@H]2CC[C@]2(C)[C@H](C3=CC(=O)OC3)CC[C@]12O. The van der Waals surface area contributed by atoms with E-state index in [0.717, 1.165) is 30.8 Å². The minimum Gasteiger partial charge on any atom is -0.458 e. The summed E-state index contributed by atoms with van der Waals surface area (Å²) in [7, 11) is 0. The fourth-order valence-electron chi connectivity index (χ4n) is 8.45. The van der Waals surface area contributed by atoms with Gasteiger partial charge in [-0.25, -0.2) is 4.79 Å². The number of carbonyl (C=O) groups is 1. The number of hydrogen-bond donors (Lipinski definition) is 1. The van der Waals surface area contributed by atoms with Crippen molar-refractivity contribution in [1.29, 1.82) is 0 Å². The van der Waals surface area contributed by atoms with Gasteiger partial charge >= 0.3 is 5.97 Å². The fraction of sp³-hybridized carbons (Fsp3) is 0.870. The average Bonchev–Trinajstić information content (AvgIpc) is 3.15. The number of ether oxygens (including phenoxy) is 1. The van der Waals surface area contributed by atoms with Crippen molar-refractivity contribution in [3.05, 3.63) is 11.6 Å². The molecule has 5 rings (SSSR count). The first-order valence-electron chi connectivity index (χ1n) is 11.0. The van der Waals surface area contributed by atoms with Gasteiger partial charge in [-0.3, -0.25) is 0 Å². The highest BCUT2D eigenvalue weighted by Crippen LogP contribution is 2.69. The first-order valence-corrected chi connectivity index (χ1v) is 11.0. The minimum atomic E-state index is -0.557. The molecule has 144 valence electrons. The Balaban J connectivity index is 1.48. The Labute approximate surface area is 157 Å². The molecular formula is C23H34O3. The molecule has 3 nitrogen and oxygen atoms in total. The molecule has 0 bridgehead atoms. The highest BCUT2D eigenvalue weighted by Gasteiger charge is 2.67. The van der Waals surface area contributed by atoms with Crippen LogP contribution in [0.4, 0.5) is 0 Å². The number of fused-ring (bicyclic) bond motifs is 5. The van der Waals surface area contributed by atoms with Gasteiger partial charge in [-0.2, -0.15) is 0 Å². The van der Waals surface area contributed by atoms with Crippen LogP contribution < -0.4 is 0 Å². The summed E-state index contributed by atoms with van der Waals surface area (Å²) >= 11 is 0. The molecule has 4 saturated carbocycles. The van der Waals surface area contributed by atoms with Crippen molar-refractivity contribution in [2.45, 2.75) is 83.7 Å². The molecule has 4 fully saturated rings. The zero-order valence-electron chi connectivity index (χ0n) is 16.4. The molecule has 1 aliphatic heterocycles. The Kier molecular flexibility index (Phi) is 3.72. The van der Waals surface area contributed by atoms with E-state index in [-0.39, 0.29) is 11.4 Å². The van der Waals surface area contributed by atoms with Crippen LogP contribution in [0.5, 0.6) is 0 Å². The summed E-state index contributed by atoms with van der Waals surface area (Å²) in [5.41, 5.74) is 0.941. The monoisotopic (exact) mass is 358 g/mol. The Bertz CT molecular complexity index is 654. The number of aliphatic hydroxyl groups is 1. The van der Waals surface area contributed by atoms with Crippen molar-refractivity contribution in [1.82, 2.24) is 0 Å². The molecule has 3 heteroatoms. The van der Waals surface area contributed by atoms with Crippen LogP contribution in [-0.4, -0.2) is 23.3 Å². The Morgan fingerprint density at radius 2 is 1.85 bits per heavy atom. The Hall–Kier alpha value is -0.830. The fourth-order valence-corrected chi connectivity index (χ4v) is 8.45. The van der Waals surface area contributed by atoms with Gasteiger partial charge in [0.1, 0.15) is 6.61 Å². The van der Waals surface area contributed by atoms with Crippen molar-refractivity contribution in [3.8, 4) is 0 Å². The third kappa shape index (κ3) is 2.07. The number of carbonyl (C=O) groups excluding carboxylic acids is 1. The van der Waals surface area contributed by atoms with E-state index in [1.54, 1.807) is 6.08 Å². The van der Waals surface area contributed by atoms with Crippen LogP contribution in [-0.2, 0) is 9.53 Å². The molecule has 0 spiro atoms. The van der Waals surface area contributed by atoms with Gasteiger partial charge in [0.15, 0.2) is 0 Å². The number of rotatable bonds is 1. The second-order valence-electron chi connectivity index (χ2n) is 10.5. The second kappa shape index (κ2) is 5.59. The van der Waals surface area contributed by atoms with E-state index in [1.165, 1.54) is 44.9 Å². The van der Waals surface area contributed by atoms with Crippen LogP contribution in [0, 0.1) is 34.5 Å². The normalized spacial score (nSPS) is 53.3. The third-order valence-electron chi connectivity index (χ3n) is 9.90. The quantitative estimate of drug-likeness (QED) is 0.695. The average molecular weight is 359 g/mol. The Morgan fingerprint density at radius 3 is 2.62 bits per heavy atom. The van der Waals surface area contributed by atoms with E-state index in [4.69, 9.17) is 4.74 Å². The summed E-state index contributed by atoms with van der Waals surface area (Å²) in [5.74, 6) is 2.14. The maximum absolute atomic E-state index is 12.1. The van der Waals surface area contributed by atoms with Gasteiger partial charge in [-0.05, 0) is 86.0 Å². The molecule has 0 aromatic carbocycles. The summed E-state index contributed by atoms with van der Waals surface area (Å²) in [6.45, 7) is 5.32. The van der Waals surface area contributed by atoms with E-state index < -0.39 is 5.60 Å². The van der Waals surface area contributed by atoms with E-state index >= 15 is 0 Å². The summed E-state index contributed by atoms with van der Waals surface area (Å²) in [4.78, 5) is 11.6. The standard InChI is InChI=1S/C23H34O3/c1-21-10-4-3-5-16(21)6-7-19-18(21)8-11-22(2)17(9-12-23(19,22)25)15-13-20(24)26-14-15/h13,16-19,25H,3-12,14H2,1-2H3/t16-,17+,18+,19-,21+,22-,23+/m1/s1. The zero-order chi connectivity index (χ0) is 18.2. The molecule has 0 aromatic rings. The van der Waals surface area contributed by atoms with Gasteiger partial charge in [-0.15, -0.1) is 0 Å². The first-order chi connectivity index (χ1) is 12.4. The topological polar surface area (TPSA) is 46.5 Å². The molecule has 26 heavy (non-hydrogen) atoms. The van der Waals surface area contributed by atoms with Crippen LogP contribution >= 0.6 is 0 Å². The lowest BCUT2D eigenvalue weighted by atomic mass is 9.43. The molecule has 7 atom stereocenters. The molecule has 1 heterocycles. The van der Waals surface area contributed by atoms with Crippen LogP contribution in [0.25, 0.3) is 0 Å². The summed E-state index contributed by atoms with van der Waals surface area (Å²) in [5, 5.41) is 12.1. The number of hydrogen-bond acceptors (Lipinski definition) is 3. The summed E-state index contributed by atoms with van der Waals surface area (Å²) in [6.07, 6.45) is 14.1. The van der Waals surface area contributed by atoms with E-state index in [0.29, 0.717) is 29.8 Å². The lowest BCUT2D eigenvalue weighted by molar-refractivity contribution is -0.203. The minimum absolute atomic E-state index is 0.0914. The largest absolute Gasteiger partial charge is 0.458 e. The highest BCUT2D eigenvalue weighted by atomic mass is 16.5. The van der Waals surface area contributed by atoms with Gasteiger partial charge in [0.05, 0.1) is 5.60 Å². The van der Waals surface area contributed by atoms with Gasteiger partial charge in [0, 0.05) is 11.5 Å². The lowest BCUT2D eigenvalue weighted by Gasteiger charge is -2.63. The molecule has 0 aromatic heterocycles. The highest BCUT2D eigenvalue weighted by molar-refractivity contribution is 5.85. The van der Waals surface area contributed by atoms with Crippen molar-refractivity contribution in [2.24, 2.45) is 34.5 Å². The van der Waals surface area contributed by atoms with Gasteiger partial charge in [0.25, 0.3) is 0 Å². The van der Waals surface area contributed by atoms with Crippen LogP contribution in [0.1, 0.15) is 78.1 Å². The maximum atomic E-state index is 12.1. The molecule has 0 unspecified atom stereocenters. The molecule has 0 saturated heterocycles. The predicted octanol–water partition coefficient (Wildman–Crippen LogP) is 4.63. The molecular weight excluding hydrogens is 324 g/mol. The number of cyclic esters (lactones) is 1. The van der Waals surface area contributed by atoms with Crippen LogP contribution in [0.2, 0.25) is 0 Å². The van der Waals surface area contributed by atoms with Crippen LogP contribution in [0.15, 0.2) is 11.6 Å². The molecule has 0 amide bonds. The molecule has 5 aliphatic rings. The van der Waals surface area contributed by atoms with Crippen molar-refractivity contribution >= 4 is 5.97 Å². The van der Waals surface area contributed by atoms with E-state index in [1.807, 2.05) is 0 Å². The van der Waals surface area contributed by atoms with Crippen molar-refractivity contribution < 1.29 is 14.6 Å². The first kappa shape index (κ1) is 17.3. The van der Waals surface area contributed by atoms with E-state index in [9.17, 15) is 9.90 Å². The summed E-state index contributed by atoms with van der Waals surface area (Å²) < 4.78 is 5.22. The molecule has 0 radical (unpaired) electrons. The van der Waals surface area contributed by atoms with Gasteiger partial charge in [-0.1, -0.05) is 26.7 Å². The lowest BCUT2D eigenvalue weighted by Crippen LogP contribution is -2.61. The maximum Gasteiger partial charge on any atom is 0.331 e. The van der Waals surface area contributed by atoms with Gasteiger partial charge < -0.3 is 9.84 Å². The second-order valence-corrected chi connectivity index (χ2v) is 10.5. The summed E-state index contributed by atoms with van der Waals surface area (Å²) in [6, 6.07) is 0. The molecule has 1 N–H and O–H groups in total. The van der Waals surface area contributed by atoms with E-state index in [2.05, 4.69) is 13.8 Å². The van der Waals surface area contributed by atoms with Gasteiger partial charge in [0.2, 0.25) is 0 Å². The predicted molar refractivity (Wildman–Crippen MR) is 100 cm³/mol. The molecule has 4 aliphatic carbocycles. The smallest absolute Gasteiger partial charge is 0.331 e. The van der Waals surface area contributed by atoms with Crippen LogP contribution in [0.3, 0.4) is 0 Å². The zero-order valence-corrected chi connectivity index (χ0v) is 16.4. The van der Waals surface area contributed by atoms with Crippen molar-refractivity contribution in [2.75, 3.05) is 6.61 Å². The number of esters is 1.